The molecule has 0 aliphatic carbocycles. The van der Waals surface area contributed by atoms with Crippen LogP contribution in [0.2, 0.25) is 0 Å². The molecule has 4 heteroatoms. The minimum Gasteiger partial charge on any atom is -0.438 e. The summed E-state index contributed by atoms with van der Waals surface area (Å²) in [6, 6.07) is 3.65. The molecule has 1 aliphatic rings. The second-order valence-corrected chi connectivity index (χ2v) is 2.90. The first kappa shape index (κ1) is 8.04. The molecule has 0 spiro atoms. The lowest BCUT2D eigenvalue weighted by atomic mass is 10.3. The Kier molecular flexibility index (Phi) is 2.12. The summed E-state index contributed by atoms with van der Waals surface area (Å²) in [5, 5.41) is 3.78. The Hall–Kier alpha value is -1.58. The van der Waals surface area contributed by atoms with Crippen LogP contribution < -0.4 is 4.74 Å². The van der Waals surface area contributed by atoms with Gasteiger partial charge in [0.05, 0.1) is 12.6 Å². The molecular weight excluding hydrogens is 168 g/mol. The van der Waals surface area contributed by atoms with Gasteiger partial charge in [0, 0.05) is 6.20 Å². The molecule has 0 saturated heterocycles. The molecule has 0 fully saturated rings. The number of ether oxygens (including phenoxy) is 1. The van der Waals surface area contributed by atoms with Crippen LogP contribution in [0, 0.1) is 0 Å². The second kappa shape index (κ2) is 3.43. The monoisotopic (exact) mass is 178 g/mol. The predicted octanol–water partition coefficient (Wildman–Crippen LogP) is 1.58. The van der Waals surface area contributed by atoms with E-state index in [9.17, 15) is 0 Å². The first-order valence-corrected chi connectivity index (χ1v) is 4.15. The van der Waals surface area contributed by atoms with Crippen LogP contribution in [0.4, 0.5) is 0 Å². The molecule has 4 nitrogen and oxygen atoms in total. The summed E-state index contributed by atoms with van der Waals surface area (Å²) in [4.78, 5) is 8.91. The van der Waals surface area contributed by atoms with E-state index in [-0.39, 0.29) is 6.10 Å². The van der Waals surface area contributed by atoms with Gasteiger partial charge in [0.25, 0.3) is 0 Å². The van der Waals surface area contributed by atoms with Gasteiger partial charge < -0.3 is 9.57 Å². The Morgan fingerprint density at radius 2 is 2.54 bits per heavy atom. The number of pyridine rings is 1. The van der Waals surface area contributed by atoms with Crippen molar-refractivity contribution in [2.75, 3.05) is 0 Å². The number of rotatable bonds is 1. The minimum absolute atomic E-state index is 0.117. The van der Waals surface area contributed by atoms with Gasteiger partial charge in [-0.05, 0) is 19.1 Å². The maximum absolute atomic E-state index is 5.41. The molecule has 1 unspecified atom stereocenters. The van der Waals surface area contributed by atoms with Crippen molar-refractivity contribution in [2.45, 2.75) is 19.4 Å². The van der Waals surface area contributed by atoms with Gasteiger partial charge in [-0.25, -0.2) is 0 Å². The molecule has 0 bridgehead atoms. The summed E-state index contributed by atoms with van der Waals surface area (Å²) < 4.78 is 5.41. The fourth-order valence-electron chi connectivity index (χ4n) is 1.07. The summed E-state index contributed by atoms with van der Waals surface area (Å²) in [5.74, 6) is 1.31. The van der Waals surface area contributed by atoms with E-state index in [2.05, 4.69) is 10.1 Å². The molecule has 0 radical (unpaired) electrons. The summed E-state index contributed by atoms with van der Waals surface area (Å²) in [6.07, 6.45) is 4.18. The molecule has 1 aromatic heterocycles. The van der Waals surface area contributed by atoms with E-state index in [1.54, 1.807) is 12.4 Å². The number of nitrogens with zero attached hydrogens (tertiary/aromatic N) is 2. The SMILES string of the molecule is CC1CC(Oc2cccnc2)=NO1. The van der Waals surface area contributed by atoms with Crippen molar-refractivity contribution >= 4 is 5.90 Å². The maximum Gasteiger partial charge on any atom is 0.235 e. The van der Waals surface area contributed by atoms with E-state index in [0.717, 1.165) is 6.42 Å². The van der Waals surface area contributed by atoms with Gasteiger partial charge >= 0.3 is 0 Å². The molecule has 2 heterocycles. The highest BCUT2D eigenvalue weighted by Crippen LogP contribution is 2.14. The topological polar surface area (TPSA) is 43.7 Å². The minimum atomic E-state index is 0.117. The molecule has 2 rings (SSSR count). The van der Waals surface area contributed by atoms with Crippen molar-refractivity contribution in [1.82, 2.24) is 4.98 Å². The van der Waals surface area contributed by atoms with Crippen molar-refractivity contribution in [3.63, 3.8) is 0 Å². The molecule has 13 heavy (non-hydrogen) atoms. The van der Waals surface area contributed by atoms with E-state index in [0.29, 0.717) is 11.6 Å². The highest BCUT2D eigenvalue weighted by Gasteiger charge is 2.17. The Bertz CT molecular complexity index is 311. The van der Waals surface area contributed by atoms with Crippen LogP contribution in [0.25, 0.3) is 0 Å². The molecule has 0 N–H and O–H groups in total. The van der Waals surface area contributed by atoms with Crippen molar-refractivity contribution in [1.29, 1.82) is 0 Å². The Morgan fingerprint density at radius 3 is 3.15 bits per heavy atom. The first-order valence-electron chi connectivity index (χ1n) is 4.15. The number of aromatic nitrogens is 1. The van der Waals surface area contributed by atoms with Gasteiger partial charge in [-0.15, -0.1) is 0 Å². The average molecular weight is 178 g/mol. The highest BCUT2D eigenvalue weighted by atomic mass is 16.7. The highest BCUT2D eigenvalue weighted by molar-refractivity contribution is 5.79. The predicted molar refractivity (Wildman–Crippen MR) is 47.5 cm³/mol. The largest absolute Gasteiger partial charge is 0.438 e. The van der Waals surface area contributed by atoms with Gasteiger partial charge in [-0.1, -0.05) is 5.16 Å². The van der Waals surface area contributed by atoms with Gasteiger partial charge in [0.1, 0.15) is 11.9 Å². The van der Waals surface area contributed by atoms with E-state index in [4.69, 9.17) is 9.57 Å². The Balaban J connectivity index is 2.00. The van der Waals surface area contributed by atoms with E-state index in [1.165, 1.54) is 0 Å². The number of hydrogen-bond acceptors (Lipinski definition) is 4. The van der Waals surface area contributed by atoms with Crippen molar-refractivity contribution < 1.29 is 9.57 Å². The normalized spacial score (nSPS) is 20.7. The fraction of sp³-hybridized carbons (Fsp3) is 0.333. The fourth-order valence-corrected chi connectivity index (χ4v) is 1.07. The summed E-state index contributed by atoms with van der Waals surface area (Å²) >= 11 is 0. The van der Waals surface area contributed by atoms with Gasteiger partial charge in [0.15, 0.2) is 0 Å². The van der Waals surface area contributed by atoms with Crippen LogP contribution in [0.15, 0.2) is 29.7 Å². The molecular formula is C9H10N2O2. The maximum atomic E-state index is 5.41. The van der Waals surface area contributed by atoms with Crippen LogP contribution in [0.1, 0.15) is 13.3 Å². The Morgan fingerprint density at radius 1 is 1.62 bits per heavy atom. The van der Waals surface area contributed by atoms with E-state index >= 15 is 0 Å². The van der Waals surface area contributed by atoms with Crippen LogP contribution in [0.5, 0.6) is 5.75 Å². The van der Waals surface area contributed by atoms with Crippen molar-refractivity contribution in [3.8, 4) is 5.75 Å². The third-order valence-corrected chi connectivity index (χ3v) is 1.67. The Labute approximate surface area is 76.2 Å². The summed E-state index contributed by atoms with van der Waals surface area (Å²) in [7, 11) is 0. The van der Waals surface area contributed by atoms with Crippen molar-refractivity contribution in [3.05, 3.63) is 24.5 Å². The quantitative estimate of drug-likeness (QED) is 0.655. The van der Waals surface area contributed by atoms with Gasteiger partial charge in [0.2, 0.25) is 5.90 Å². The smallest absolute Gasteiger partial charge is 0.235 e. The lowest BCUT2D eigenvalue weighted by molar-refractivity contribution is 0.0992. The number of hydrogen-bond donors (Lipinski definition) is 0. The second-order valence-electron chi connectivity index (χ2n) is 2.90. The van der Waals surface area contributed by atoms with Gasteiger partial charge in [-0.3, -0.25) is 4.98 Å². The van der Waals surface area contributed by atoms with Gasteiger partial charge in [-0.2, -0.15) is 0 Å². The van der Waals surface area contributed by atoms with E-state index < -0.39 is 0 Å². The van der Waals surface area contributed by atoms with E-state index in [1.807, 2.05) is 19.1 Å². The zero-order chi connectivity index (χ0) is 9.10. The lowest BCUT2D eigenvalue weighted by Gasteiger charge is -2.01. The van der Waals surface area contributed by atoms with Crippen LogP contribution >= 0.6 is 0 Å². The molecule has 68 valence electrons. The molecule has 1 aliphatic heterocycles. The average Bonchev–Trinajstić information content (AvgIpc) is 2.53. The molecule has 1 aromatic rings. The van der Waals surface area contributed by atoms with Crippen LogP contribution in [0.3, 0.4) is 0 Å². The molecule has 0 amide bonds. The summed E-state index contributed by atoms with van der Waals surface area (Å²) in [6.45, 7) is 1.95. The zero-order valence-corrected chi connectivity index (χ0v) is 7.30. The van der Waals surface area contributed by atoms with Crippen LogP contribution in [-0.4, -0.2) is 17.0 Å². The molecule has 0 aromatic carbocycles. The molecule has 1 atom stereocenters. The standard InChI is InChI=1S/C9H10N2O2/c1-7-5-9(11-13-7)12-8-3-2-4-10-6-8/h2-4,6-7H,5H2,1H3. The summed E-state index contributed by atoms with van der Waals surface area (Å²) in [5.41, 5.74) is 0. The third-order valence-electron chi connectivity index (χ3n) is 1.67. The van der Waals surface area contributed by atoms with Crippen LogP contribution in [-0.2, 0) is 4.84 Å². The molecule has 0 saturated carbocycles. The number of oxime groups is 1. The third kappa shape index (κ3) is 1.96. The lowest BCUT2D eigenvalue weighted by Crippen LogP contribution is -2.08. The first-order chi connectivity index (χ1) is 6.34. The zero-order valence-electron chi connectivity index (χ0n) is 7.30. The van der Waals surface area contributed by atoms with Crippen molar-refractivity contribution in [2.24, 2.45) is 5.16 Å².